The molecule has 0 aromatic carbocycles. The van der Waals surface area contributed by atoms with E-state index in [0.717, 1.165) is 11.0 Å². The van der Waals surface area contributed by atoms with E-state index in [4.69, 9.17) is 0 Å². The Morgan fingerprint density at radius 3 is 2.57 bits per heavy atom. The van der Waals surface area contributed by atoms with Crippen molar-refractivity contribution in [3.05, 3.63) is 30.1 Å². The maximum Gasteiger partial charge on any atom is 0.414 e. The van der Waals surface area contributed by atoms with Crippen molar-refractivity contribution in [2.45, 2.75) is 12.2 Å². The molecule has 0 bridgehead atoms. The Bertz CT molecular complexity index is 621. The Kier molecular flexibility index (Phi) is 4.52. The summed E-state index contributed by atoms with van der Waals surface area (Å²) < 4.78 is 39.3. The van der Waals surface area contributed by atoms with Gasteiger partial charge in [-0.1, -0.05) is 6.07 Å². The second-order valence-electron chi connectivity index (χ2n) is 4.92. The highest BCUT2D eigenvalue weighted by molar-refractivity contribution is 6.04. The van der Waals surface area contributed by atoms with Crippen molar-refractivity contribution < 1.29 is 27.6 Å². The molecule has 1 N–H and O–H groups in total. The average molecular weight is 330 g/mol. The molecule has 4 amide bonds. The Labute approximate surface area is 129 Å². The fourth-order valence-electron chi connectivity index (χ4n) is 2.04. The molecule has 0 saturated carbocycles. The number of pyridine rings is 1. The van der Waals surface area contributed by atoms with Gasteiger partial charge in [0.25, 0.3) is 5.91 Å². The fourth-order valence-corrected chi connectivity index (χ4v) is 2.04. The molecule has 1 aromatic heterocycles. The van der Waals surface area contributed by atoms with Gasteiger partial charge in [0.2, 0.25) is 5.91 Å². The van der Waals surface area contributed by atoms with E-state index in [1.807, 2.05) is 0 Å². The maximum absolute atomic E-state index is 13.1. The summed E-state index contributed by atoms with van der Waals surface area (Å²) in [5.41, 5.74) is -0.385. The monoisotopic (exact) mass is 330 g/mol. The van der Waals surface area contributed by atoms with Crippen molar-refractivity contribution in [1.82, 2.24) is 20.1 Å². The zero-order valence-corrected chi connectivity index (χ0v) is 12.0. The van der Waals surface area contributed by atoms with Gasteiger partial charge in [-0.2, -0.15) is 13.2 Å². The lowest BCUT2D eigenvalue weighted by Gasteiger charge is -2.22. The largest absolute Gasteiger partial charge is 0.414 e. The first kappa shape index (κ1) is 16.7. The van der Waals surface area contributed by atoms with E-state index in [1.165, 1.54) is 25.4 Å². The number of urea groups is 1. The average Bonchev–Trinajstić information content (AvgIpc) is 2.71. The van der Waals surface area contributed by atoms with Crippen LogP contribution in [0.4, 0.5) is 18.0 Å². The van der Waals surface area contributed by atoms with Crippen LogP contribution >= 0.6 is 0 Å². The summed E-state index contributed by atoms with van der Waals surface area (Å²) in [6.07, 6.45) is -3.59. The van der Waals surface area contributed by atoms with E-state index in [9.17, 15) is 27.6 Å². The minimum absolute atomic E-state index is 0.213. The third kappa shape index (κ3) is 3.76. The van der Waals surface area contributed by atoms with Gasteiger partial charge in [0.15, 0.2) is 6.04 Å². The summed E-state index contributed by atoms with van der Waals surface area (Å²) in [5.74, 6) is -1.75. The van der Waals surface area contributed by atoms with Crippen molar-refractivity contribution in [3.8, 4) is 0 Å². The molecule has 7 nitrogen and oxygen atoms in total. The van der Waals surface area contributed by atoms with Crippen LogP contribution in [0.1, 0.15) is 11.7 Å². The van der Waals surface area contributed by atoms with Gasteiger partial charge >= 0.3 is 12.2 Å². The molecule has 1 aliphatic heterocycles. The van der Waals surface area contributed by atoms with Gasteiger partial charge in [-0.3, -0.25) is 19.5 Å². The zero-order chi connectivity index (χ0) is 17.2. The number of carbonyl (C=O) groups is 3. The number of carbonyl (C=O) groups excluding carboxylic acids is 3. The van der Waals surface area contributed by atoms with Crippen LogP contribution in [-0.2, 0) is 9.59 Å². The number of nitrogens with zero attached hydrogens (tertiary/aromatic N) is 3. The molecule has 1 saturated heterocycles. The lowest BCUT2D eigenvalue weighted by molar-refractivity contribution is -0.164. The first-order valence-corrected chi connectivity index (χ1v) is 6.52. The van der Waals surface area contributed by atoms with Gasteiger partial charge in [-0.05, 0) is 12.1 Å². The molecular weight excluding hydrogens is 317 g/mol. The van der Waals surface area contributed by atoms with Gasteiger partial charge in [0.05, 0.1) is 5.69 Å². The second-order valence-corrected chi connectivity index (χ2v) is 4.92. The van der Waals surface area contributed by atoms with Gasteiger partial charge in [-0.15, -0.1) is 0 Å². The number of likely N-dealkylation sites (N-methyl/N-ethyl adjacent to an activating group) is 1. The number of aromatic nitrogens is 1. The number of hydrogen-bond donors (Lipinski definition) is 1. The predicted octanol–water partition coefficient (Wildman–Crippen LogP) is 0.695. The molecule has 0 radical (unpaired) electrons. The Morgan fingerprint density at radius 2 is 2.09 bits per heavy atom. The number of alkyl halides is 3. The van der Waals surface area contributed by atoms with Crippen molar-refractivity contribution >= 4 is 17.8 Å². The van der Waals surface area contributed by atoms with E-state index in [1.54, 1.807) is 5.32 Å². The lowest BCUT2D eigenvalue weighted by Crippen LogP contribution is -2.45. The number of amides is 4. The fraction of sp³-hybridized carbons (Fsp3) is 0.385. The molecule has 2 rings (SSSR count). The number of hydrogen-bond acceptors (Lipinski definition) is 4. The third-order valence-corrected chi connectivity index (χ3v) is 3.15. The van der Waals surface area contributed by atoms with Crippen molar-refractivity contribution in [2.24, 2.45) is 0 Å². The van der Waals surface area contributed by atoms with E-state index in [2.05, 4.69) is 4.98 Å². The maximum atomic E-state index is 13.1. The standard InChI is InChI=1S/C13H13F3N4O3/c1-19-7-10(22)20(12(19)23)6-9(21)18-11(13(14,15)16)8-4-2-3-5-17-8/h2-5,11H,6-7H2,1H3,(H,18,21)/t11-/m0/s1. The zero-order valence-electron chi connectivity index (χ0n) is 12.0. The highest BCUT2D eigenvalue weighted by Gasteiger charge is 2.43. The highest BCUT2D eigenvalue weighted by Crippen LogP contribution is 2.31. The van der Waals surface area contributed by atoms with E-state index >= 15 is 0 Å². The Balaban J connectivity index is 2.10. The summed E-state index contributed by atoms with van der Waals surface area (Å²) in [4.78, 5) is 40.2. The van der Waals surface area contributed by atoms with Crippen LogP contribution in [0.5, 0.6) is 0 Å². The van der Waals surface area contributed by atoms with Gasteiger partial charge < -0.3 is 10.2 Å². The molecule has 1 aliphatic rings. The normalized spacial score (nSPS) is 16.7. The van der Waals surface area contributed by atoms with Crippen molar-refractivity contribution in [3.63, 3.8) is 0 Å². The number of rotatable bonds is 4. The molecule has 0 aliphatic carbocycles. The van der Waals surface area contributed by atoms with Gasteiger partial charge in [-0.25, -0.2) is 4.79 Å². The lowest BCUT2D eigenvalue weighted by atomic mass is 10.1. The summed E-state index contributed by atoms with van der Waals surface area (Å²) in [5, 5.41) is 1.77. The predicted molar refractivity (Wildman–Crippen MR) is 70.9 cm³/mol. The molecule has 23 heavy (non-hydrogen) atoms. The summed E-state index contributed by atoms with van der Waals surface area (Å²) >= 11 is 0. The van der Waals surface area contributed by atoms with E-state index in [0.29, 0.717) is 4.90 Å². The first-order chi connectivity index (χ1) is 10.7. The minimum Gasteiger partial charge on any atom is -0.338 e. The second kappa shape index (κ2) is 6.23. The molecule has 1 fully saturated rings. The molecule has 1 aromatic rings. The van der Waals surface area contributed by atoms with Crippen LogP contribution in [0.15, 0.2) is 24.4 Å². The Hall–Kier alpha value is -2.65. The van der Waals surface area contributed by atoms with Crippen LogP contribution in [0.2, 0.25) is 0 Å². The van der Waals surface area contributed by atoms with Crippen LogP contribution in [-0.4, -0.2) is 58.9 Å². The molecule has 2 heterocycles. The Morgan fingerprint density at radius 1 is 1.39 bits per heavy atom. The van der Waals surface area contributed by atoms with Crippen LogP contribution in [0, 0.1) is 0 Å². The van der Waals surface area contributed by atoms with Crippen molar-refractivity contribution in [2.75, 3.05) is 20.1 Å². The topological polar surface area (TPSA) is 82.6 Å². The first-order valence-electron chi connectivity index (χ1n) is 6.52. The van der Waals surface area contributed by atoms with Crippen LogP contribution < -0.4 is 5.32 Å². The summed E-state index contributed by atoms with van der Waals surface area (Å²) in [6.45, 7) is -0.990. The smallest absolute Gasteiger partial charge is 0.338 e. The van der Waals surface area contributed by atoms with Crippen molar-refractivity contribution in [1.29, 1.82) is 0 Å². The molecule has 0 unspecified atom stereocenters. The SMILES string of the molecule is CN1CC(=O)N(CC(=O)N[C@@H](c2ccccn2)C(F)(F)F)C1=O. The van der Waals surface area contributed by atoms with Gasteiger partial charge in [0.1, 0.15) is 13.1 Å². The van der Waals surface area contributed by atoms with E-state index in [-0.39, 0.29) is 12.2 Å². The van der Waals surface area contributed by atoms with E-state index < -0.39 is 36.6 Å². The molecular formula is C13H13F3N4O3. The molecule has 0 spiro atoms. The third-order valence-electron chi connectivity index (χ3n) is 3.15. The summed E-state index contributed by atoms with van der Waals surface area (Å²) in [7, 11) is 1.35. The number of nitrogens with one attached hydrogen (secondary N) is 1. The molecule has 10 heteroatoms. The highest BCUT2D eigenvalue weighted by atomic mass is 19.4. The molecule has 1 atom stereocenters. The summed E-state index contributed by atoms with van der Waals surface area (Å²) in [6, 6.07) is 0.873. The molecule has 124 valence electrons. The van der Waals surface area contributed by atoms with Gasteiger partial charge in [0, 0.05) is 13.2 Å². The van der Waals surface area contributed by atoms with Crippen LogP contribution in [0.3, 0.4) is 0 Å². The quantitative estimate of drug-likeness (QED) is 0.824. The number of halogens is 3. The number of imide groups is 1. The minimum atomic E-state index is -4.76. The van der Waals surface area contributed by atoms with Crippen LogP contribution in [0.25, 0.3) is 0 Å².